The number of likely N-dealkylation sites (tertiary alicyclic amines) is 1. The number of fused-ring (bicyclic) bond motifs is 5. The van der Waals surface area contributed by atoms with E-state index in [1.165, 1.54) is 7.11 Å². The number of amides is 3. The Balaban J connectivity index is 1.47. The van der Waals surface area contributed by atoms with Crippen LogP contribution in [0.2, 0.25) is 0 Å². The van der Waals surface area contributed by atoms with E-state index in [-0.39, 0.29) is 36.1 Å². The van der Waals surface area contributed by atoms with E-state index in [0.29, 0.717) is 23.3 Å². The van der Waals surface area contributed by atoms with E-state index in [1.807, 2.05) is 0 Å². The normalized spacial score (nSPS) is 30.6. The van der Waals surface area contributed by atoms with Gasteiger partial charge in [0, 0.05) is 0 Å². The van der Waals surface area contributed by atoms with Gasteiger partial charge in [0.15, 0.2) is 0 Å². The minimum atomic E-state index is -0.381. The summed E-state index contributed by atoms with van der Waals surface area (Å²) in [6.45, 7) is -0.220. The number of carbonyl (C=O) groups is 3. The van der Waals surface area contributed by atoms with E-state index in [0.717, 1.165) is 24.2 Å². The molecule has 3 amide bonds. The molecule has 126 valence electrons. The number of benzene rings is 1. The number of imide groups is 1. The zero-order chi connectivity index (χ0) is 16.8. The number of hydrogen-bond donors (Lipinski definition) is 1. The molecule has 2 saturated carbocycles. The van der Waals surface area contributed by atoms with Crippen LogP contribution in [0.15, 0.2) is 24.3 Å². The number of anilines is 1. The van der Waals surface area contributed by atoms with Crippen molar-refractivity contribution < 1.29 is 19.1 Å². The van der Waals surface area contributed by atoms with Crippen molar-refractivity contribution in [1.82, 2.24) is 4.90 Å². The quantitative estimate of drug-likeness (QED) is 0.853. The Morgan fingerprint density at radius 1 is 1.17 bits per heavy atom. The number of para-hydroxylation sites is 2. The van der Waals surface area contributed by atoms with Crippen molar-refractivity contribution in [3.05, 3.63) is 24.3 Å². The third kappa shape index (κ3) is 2.20. The highest BCUT2D eigenvalue weighted by Crippen LogP contribution is 2.56. The van der Waals surface area contributed by atoms with Crippen LogP contribution in [0, 0.1) is 23.7 Å². The fourth-order valence-corrected chi connectivity index (χ4v) is 4.71. The first-order valence-corrected chi connectivity index (χ1v) is 8.38. The largest absolute Gasteiger partial charge is 0.495 e. The van der Waals surface area contributed by atoms with Gasteiger partial charge in [-0.05, 0) is 43.2 Å². The Morgan fingerprint density at radius 3 is 2.42 bits per heavy atom. The van der Waals surface area contributed by atoms with Crippen molar-refractivity contribution >= 4 is 23.4 Å². The van der Waals surface area contributed by atoms with E-state index in [9.17, 15) is 14.4 Å². The molecular weight excluding hydrogens is 308 g/mol. The molecule has 1 N–H and O–H groups in total. The molecule has 0 aromatic heterocycles. The SMILES string of the molecule is COc1ccccc1NC(=O)CN1C(=O)[C@H]2[C@H]3CC[C@@H](C3)[C@@H]2C1=O. The molecule has 1 aliphatic heterocycles. The van der Waals surface area contributed by atoms with Crippen LogP contribution in [0.4, 0.5) is 5.69 Å². The maximum Gasteiger partial charge on any atom is 0.244 e. The molecule has 3 aliphatic rings. The maximum atomic E-state index is 12.6. The number of nitrogens with zero attached hydrogens (tertiary/aromatic N) is 1. The molecule has 3 fully saturated rings. The first kappa shape index (κ1) is 15.2. The fraction of sp³-hybridized carbons (Fsp3) is 0.500. The zero-order valence-corrected chi connectivity index (χ0v) is 13.5. The average molecular weight is 328 g/mol. The second kappa shape index (κ2) is 5.61. The first-order valence-electron chi connectivity index (χ1n) is 8.38. The van der Waals surface area contributed by atoms with Crippen LogP contribution in [0.3, 0.4) is 0 Å². The number of ether oxygens (including phenoxy) is 1. The minimum absolute atomic E-state index is 0.160. The van der Waals surface area contributed by atoms with Gasteiger partial charge in [-0.1, -0.05) is 12.1 Å². The van der Waals surface area contributed by atoms with Gasteiger partial charge in [-0.2, -0.15) is 0 Å². The minimum Gasteiger partial charge on any atom is -0.495 e. The van der Waals surface area contributed by atoms with Crippen LogP contribution >= 0.6 is 0 Å². The molecule has 24 heavy (non-hydrogen) atoms. The van der Waals surface area contributed by atoms with Crippen molar-refractivity contribution in [3.8, 4) is 5.75 Å². The highest BCUT2D eigenvalue weighted by molar-refractivity contribution is 6.09. The van der Waals surface area contributed by atoms with Gasteiger partial charge in [0.1, 0.15) is 12.3 Å². The molecule has 4 atom stereocenters. The lowest BCUT2D eigenvalue weighted by Crippen LogP contribution is -2.39. The van der Waals surface area contributed by atoms with Crippen molar-refractivity contribution in [1.29, 1.82) is 0 Å². The van der Waals surface area contributed by atoms with Crippen molar-refractivity contribution in [3.63, 3.8) is 0 Å². The summed E-state index contributed by atoms with van der Waals surface area (Å²) < 4.78 is 5.19. The second-order valence-corrected chi connectivity index (χ2v) is 6.90. The summed E-state index contributed by atoms with van der Waals surface area (Å²) in [6, 6.07) is 7.05. The van der Waals surface area contributed by atoms with Crippen molar-refractivity contribution in [2.45, 2.75) is 19.3 Å². The van der Waals surface area contributed by atoms with Gasteiger partial charge in [-0.25, -0.2) is 0 Å². The third-order valence-electron chi connectivity index (χ3n) is 5.70. The maximum absolute atomic E-state index is 12.6. The van der Waals surface area contributed by atoms with E-state index in [2.05, 4.69) is 5.32 Å². The van der Waals surface area contributed by atoms with E-state index in [4.69, 9.17) is 4.74 Å². The number of carbonyl (C=O) groups excluding carboxylic acids is 3. The van der Waals surface area contributed by atoms with Crippen LogP contribution in [0.1, 0.15) is 19.3 Å². The highest BCUT2D eigenvalue weighted by atomic mass is 16.5. The predicted molar refractivity (Wildman–Crippen MR) is 86.2 cm³/mol. The number of hydrogen-bond acceptors (Lipinski definition) is 4. The van der Waals surface area contributed by atoms with Gasteiger partial charge in [0.2, 0.25) is 17.7 Å². The molecular formula is C18H20N2O4. The fourth-order valence-electron chi connectivity index (χ4n) is 4.71. The average Bonchev–Trinajstić information content (AvgIpc) is 3.25. The summed E-state index contributed by atoms with van der Waals surface area (Å²) in [6.07, 6.45) is 3.06. The smallest absolute Gasteiger partial charge is 0.244 e. The number of nitrogens with one attached hydrogen (secondary N) is 1. The molecule has 2 bridgehead atoms. The lowest BCUT2D eigenvalue weighted by Gasteiger charge is -2.19. The summed E-state index contributed by atoms with van der Waals surface area (Å²) in [4.78, 5) is 38.7. The van der Waals surface area contributed by atoms with Gasteiger partial charge >= 0.3 is 0 Å². The summed E-state index contributed by atoms with van der Waals surface area (Å²) in [5, 5.41) is 2.72. The highest BCUT2D eigenvalue weighted by Gasteiger charge is 2.60. The lowest BCUT2D eigenvalue weighted by atomic mass is 9.81. The van der Waals surface area contributed by atoms with Gasteiger partial charge in [0.25, 0.3) is 0 Å². The Labute approximate surface area is 140 Å². The van der Waals surface area contributed by atoms with E-state index in [1.54, 1.807) is 24.3 Å². The summed E-state index contributed by atoms with van der Waals surface area (Å²) in [7, 11) is 1.52. The number of methoxy groups -OCH3 is 1. The van der Waals surface area contributed by atoms with Gasteiger partial charge < -0.3 is 10.1 Å². The Morgan fingerprint density at radius 2 is 1.79 bits per heavy atom. The van der Waals surface area contributed by atoms with Gasteiger partial charge in [-0.3, -0.25) is 19.3 Å². The first-order chi connectivity index (χ1) is 11.6. The van der Waals surface area contributed by atoms with Crippen molar-refractivity contribution in [2.75, 3.05) is 19.0 Å². The van der Waals surface area contributed by atoms with Gasteiger partial charge in [0.05, 0.1) is 24.6 Å². The molecule has 4 rings (SSSR count). The monoisotopic (exact) mass is 328 g/mol. The Bertz CT molecular complexity index is 689. The Hall–Kier alpha value is -2.37. The Kier molecular flexibility index (Phi) is 3.55. The second-order valence-electron chi connectivity index (χ2n) is 6.90. The third-order valence-corrected chi connectivity index (χ3v) is 5.70. The molecule has 6 nitrogen and oxygen atoms in total. The predicted octanol–water partition coefficient (Wildman–Crippen LogP) is 1.66. The van der Waals surface area contributed by atoms with Gasteiger partial charge in [-0.15, -0.1) is 0 Å². The van der Waals surface area contributed by atoms with Crippen LogP contribution in [0.5, 0.6) is 5.75 Å². The van der Waals surface area contributed by atoms with E-state index >= 15 is 0 Å². The molecule has 2 aliphatic carbocycles. The van der Waals surface area contributed by atoms with E-state index < -0.39 is 0 Å². The van der Waals surface area contributed by atoms with Crippen LogP contribution in [-0.4, -0.2) is 36.3 Å². The molecule has 6 heteroatoms. The number of rotatable bonds is 4. The summed E-state index contributed by atoms with van der Waals surface area (Å²) >= 11 is 0. The zero-order valence-electron chi connectivity index (χ0n) is 13.5. The molecule has 1 aromatic carbocycles. The molecule has 1 saturated heterocycles. The molecule has 0 spiro atoms. The summed E-state index contributed by atoms with van der Waals surface area (Å²) in [5.74, 6) is 0.135. The van der Waals surface area contributed by atoms with Crippen LogP contribution < -0.4 is 10.1 Å². The lowest BCUT2D eigenvalue weighted by molar-refractivity contribution is -0.143. The van der Waals surface area contributed by atoms with Crippen LogP contribution in [-0.2, 0) is 14.4 Å². The molecule has 0 radical (unpaired) electrons. The topological polar surface area (TPSA) is 75.7 Å². The van der Waals surface area contributed by atoms with Crippen molar-refractivity contribution in [2.24, 2.45) is 23.7 Å². The van der Waals surface area contributed by atoms with Crippen LogP contribution in [0.25, 0.3) is 0 Å². The molecule has 1 aromatic rings. The molecule has 1 heterocycles. The summed E-state index contributed by atoms with van der Waals surface area (Å²) in [5.41, 5.74) is 0.532. The molecule has 0 unspecified atom stereocenters. The standard InChI is InChI=1S/C18H20N2O4/c1-24-13-5-3-2-4-12(13)19-14(21)9-20-17(22)15-10-6-7-11(8-10)16(15)18(20)23/h2-5,10-11,15-16H,6-9H2,1H3,(H,19,21)/t10-,11-,15-,16-/m0/s1.